The highest BCUT2D eigenvalue weighted by Crippen LogP contribution is 2.57. The summed E-state index contributed by atoms with van der Waals surface area (Å²) < 4.78 is 0. The van der Waals surface area contributed by atoms with Gasteiger partial charge in [-0.15, -0.1) is 0 Å². The minimum Gasteiger partial charge on any atom is -0.295 e. The van der Waals surface area contributed by atoms with Crippen molar-refractivity contribution in [3.63, 3.8) is 0 Å². The van der Waals surface area contributed by atoms with Crippen LogP contribution in [0.4, 0.5) is 0 Å². The van der Waals surface area contributed by atoms with E-state index in [1.54, 1.807) is 0 Å². The number of carbonyl (C=O) groups is 1. The summed E-state index contributed by atoms with van der Waals surface area (Å²) in [6.45, 7) is 7.12. The number of rotatable bonds is 1. The standard InChI is InChI=1S/C20H26O/c1-19(2)10-7-11-20(3)14-16(17(21)13-18(19)20)12-15-8-5-4-6-9-15/h4-6,8-9,12,18H,7,10-11,13-14H2,1-3H3/b16-12+/t18-,20-/m1/s1. The molecule has 0 saturated heterocycles. The maximum Gasteiger partial charge on any atom is 0.159 e. The zero-order valence-corrected chi connectivity index (χ0v) is 13.5. The first-order valence-electron chi connectivity index (χ1n) is 8.20. The summed E-state index contributed by atoms with van der Waals surface area (Å²) in [5, 5.41) is 0. The molecular formula is C20H26O. The van der Waals surface area contributed by atoms with E-state index in [1.807, 2.05) is 18.2 Å². The first kappa shape index (κ1) is 14.6. The molecule has 21 heavy (non-hydrogen) atoms. The van der Waals surface area contributed by atoms with Crippen LogP contribution in [0, 0.1) is 16.7 Å². The first-order valence-corrected chi connectivity index (χ1v) is 8.20. The van der Waals surface area contributed by atoms with Crippen LogP contribution in [-0.2, 0) is 4.79 Å². The lowest BCUT2D eigenvalue weighted by Crippen LogP contribution is -2.46. The molecule has 0 heterocycles. The largest absolute Gasteiger partial charge is 0.295 e. The third-order valence-electron chi connectivity index (χ3n) is 5.84. The quantitative estimate of drug-likeness (QED) is 0.642. The molecule has 0 spiro atoms. The highest BCUT2D eigenvalue weighted by molar-refractivity contribution is 6.00. The van der Waals surface area contributed by atoms with Crippen LogP contribution >= 0.6 is 0 Å². The molecule has 2 saturated carbocycles. The lowest BCUT2D eigenvalue weighted by Gasteiger charge is -2.53. The Morgan fingerprint density at radius 2 is 1.81 bits per heavy atom. The van der Waals surface area contributed by atoms with Gasteiger partial charge >= 0.3 is 0 Å². The number of benzene rings is 1. The second-order valence-electron chi connectivity index (χ2n) is 7.93. The normalized spacial score (nSPS) is 33.8. The molecule has 0 N–H and O–H groups in total. The van der Waals surface area contributed by atoms with Crippen LogP contribution in [0.5, 0.6) is 0 Å². The van der Waals surface area contributed by atoms with Crippen molar-refractivity contribution in [2.24, 2.45) is 16.7 Å². The zero-order valence-electron chi connectivity index (χ0n) is 13.5. The Morgan fingerprint density at radius 3 is 2.52 bits per heavy atom. The molecule has 0 amide bonds. The summed E-state index contributed by atoms with van der Waals surface area (Å²) in [7, 11) is 0. The topological polar surface area (TPSA) is 17.1 Å². The lowest BCUT2D eigenvalue weighted by atomic mass is 9.51. The van der Waals surface area contributed by atoms with Crippen LogP contribution in [0.15, 0.2) is 35.9 Å². The minimum absolute atomic E-state index is 0.302. The maximum atomic E-state index is 12.6. The van der Waals surface area contributed by atoms with Gasteiger partial charge in [-0.1, -0.05) is 57.5 Å². The summed E-state index contributed by atoms with van der Waals surface area (Å²) >= 11 is 0. The van der Waals surface area contributed by atoms with Gasteiger partial charge in [0.2, 0.25) is 0 Å². The van der Waals surface area contributed by atoms with Crippen molar-refractivity contribution in [1.29, 1.82) is 0 Å². The van der Waals surface area contributed by atoms with E-state index in [0.29, 0.717) is 22.5 Å². The second-order valence-corrected chi connectivity index (χ2v) is 7.93. The SMILES string of the molecule is CC1(C)CCC[C@]2(C)C/C(=C\c3ccccc3)C(=O)C[C@H]12. The van der Waals surface area contributed by atoms with Crippen molar-refractivity contribution in [1.82, 2.24) is 0 Å². The van der Waals surface area contributed by atoms with E-state index in [9.17, 15) is 4.79 Å². The van der Waals surface area contributed by atoms with E-state index >= 15 is 0 Å². The maximum absolute atomic E-state index is 12.6. The fourth-order valence-electron chi connectivity index (χ4n) is 4.71. The van der Waals surface area contributed by atoms with E-state index in [2.05, 4.69) is 39.0 Å². The van der Waals surface area contributed by atoms with Gasteiger partial charge in [0.1, 0.15) is 0 Å². The molecule has 2 aliphatic carbocycles. The number of hydrogen-bond acceptors (Lipinski definition) is 1. The number of carbonyl (C=O) groups excluding carboxylic acids is 1. The van der Waals surface area contributed by atoms with Crippen molar-refractivity contribution < 1.29 is 4.79 Å². The number of ketones is 1. The average molecular weight is 282 g/mol. The van der Waals surface area contributed by atoms with Gasteiger partial charge in [-0.05, 0) is 53.2 Å². The van der Waals surface area contributed by atoms with Crippen LogP contribution in [0.1, 0.15) is 58.4 Å². The van der Waals surface area contributed by atoms with E-state index < -0.39 is 0 Å². The van der Waals surface area contributed by atoms with Gasteiger partial charge in [0.05, 0.1) is 0 Å². The third-order valence-corrected chi connectivity index (χ3v) is 5.84. The monoisotopic (exact) mass is 282 g/mol. The predicted octanol–water partition coefficient (Wildman–Crippen LogP) is 5.27. The average Bonchev–Trinajstić information content (AvgIpc) is 2.42. The van der Waals surface area contributed by atoms with Gasteiger partial charge < -0.3 is 0 Å². The Bertz CT molecular complexity index is 567. The van der Waals surface area contributed by atoms with Gasteiger partial charge in [-0.25, -0.2) is 0 Å². The van der Waals surface area contributed by atoms with Crippen molar-refractivity contribution in [2.45, 2.75) is 52.9 Å². The van der Waals surface area contributed by atoms with Crippen molar-refractivity contribution in [2.75, 3.05) is 0 Å². The molecule has 2 fully saturated rings. The molecule has 1 heteroatoms. The minimum atomic E-state index is 0.302. The summed E-state index contributed by atoms with van der Waals surface area (Å²) in [6, 6.07) is 10.3. The molecular weight excluding hydrogens is 256 g/mol. The molecule has 1 nitrogen and oxygen atoms in total. The Labute approximate surface area is 128 Å². The molecule has 0 aromatic heterocycles. The molecule has 0 radical (unpaired) electrons. The number of hydrogen-bond donors (Lipinski definition) is 0. The highest BCUT2D eigenvalue weighted by Gasteiger charge is 2.50. The fourth-order valence-corrected chi connectivity index (χ4v) is 4.71. The van der Waals surface area contributed by atoms with Gasteiger partial charge in [0.25, 0.3) is 0 Å². The van der Waals surface area contributed by atoms with Gasteiger partial charge in [-0.2, -0.15) is 0 Å². The summed E-state index contributed by atoms with van der Waals surface area (Å²) in [5.74, 6) is 0.912. The summed E-state index contributed by atoms with van der Waals surface area (Å²) in [6.07, 6.45) is 7.63. The smallest absolute Gasteiger partial charge is 0.159 e. The fraction of sp³-hybridized carbons (Fsp3) is 0.550. The van der Waals surface area contributed by atoms with Crippen molar-refractivity contribution in [3.05, 3.63) is 41.5 Å². The van der Waals surface area contributed by atoms with Gasteiger partial charge in [0.15, 0.2) is 5.78 Å². The Hall–Kier alpha value is -1.37. The Kier molecular flexibility index (Phi) is 3.55. The van der Waals surface area contributed by atoms with Crippen LogP contribution < -0.4 is 0 Å². The Balaban J connectivity index is 1.91. The van der Waals surface area contributed by atoms with Crippen LogP contribution in [0.3, 0.4) is 0 Å². The van der Waals surface area contributed by atoms with Crippen molar-refractivity contribution in [3.8, 4) is 0 Å². The molecule has 1 aromatic carbocycles. The lowest BCUT2D eigenvalue weighted by molar-refractivity contribution is -0.125. The molecule has 0 unspecified atom stereocenters. The van der Waals surface area contributed by atoms with Crippen LogP contribution in [0.2, 0.25) is 0 Å². The predicted molar refractivity (Wildman–Crippen MR) is 87.9 cm³/mol. The van der Waals surface area contributed by atoms with E-state index in [1.165, 1.54) is 19.3 Å². The van der Waals surface area contributed by atoms with Gasteiger partial charge in [0, 0.05) is 6.42 Å². The van der Waals surface area contributed by atoms with Gasteiger partial charge in [-0.3, -0.25) is 4.79 Å². The molecule has 3 rings (SSSR count). The van der Waals surface area contributed by atoms with Crippen LogP contribution in [-0.4, -0.2) is 5.78 Å². The van der Waals surface area contributed by atoms with Crippen molar-refractivity contribution >= 4 is 11.9 Å². The molecule has 0 aliphatic heterocycles. The van der Waals surface area contributed by atoms with E-state index in [-0.39, 0.29) is 0 Å². The second kappa shape index (κ2) is 5.12. The Morgan fingerprint density at radius 1 is 1.10 bits per heavy atom. The first-order chi connectivity index (χ1) is 9.91. The number of allylic oxidation sites excluding steroid dienone is 1. The number of fused-ring (bicyclic) bond motifs is 1. The molecule has 0 bridgehead atoms. The molecule has 2 atom stereocenters. The molecule has 2 aliphatic rings. The van der Waals surface area contributed by atoms with Crippen LogP contribution in [0.25, 0.3) is 6.08 Å². The summed E-state index contributed by atoms with van der Waals surface area (Å²) in [4.78, 5) is 12.6. The number of Topliss-reactive ketones (excluding diaryl/α,β-unsaturated/α-hetero) is 1. The molecule has 1 aromatic rings. The zero-order chi connectivity index (χ0) is 15.1. The van der Waals surface area contributed by atoms with E-state index in [0.717, 1.165) is 24.0 Å². The summed E-state index contributed by atoms with van der Waals surface area (Å²) in [5.41, 5.74) is 2.80. The van der Waals surface area contributed by atoms with E-state index in [4.69, 9.17) is 0 Å². The third kappa shape index (κ3) is 2.71. The highest BCUT2D eigenvalue weighted by atomic mass is 16.1. The molecule has 112 valence electrons.